The molecule has 2 N–H and O–H groups in total. The maximum atomic E-state index is 13.0. The molecule has 0 heterocycles. The maximum Gasteiger partial charge on any atom is 0.281 e. The maximum absolute atomic E-state index is 13.0. The fourth-order valence-corrected chi connectivity index (χ4v) is 3.20. The van der Waals surface area contributed by atoms with Crippen molar-refractivity contribution >= 4 is 23.7 Å². The molecule has 0 bridgehead atoms. The molecule has 3 rings (SSSR count). The Morgan fingerprint density at radius 1 is 0.967 bits per heavy atom. The van der Waals surface area contributed by atoms with Crippen molar-refractivity contribution in [3.05, 3.63) is 94.5 Å². The van der Waals surface area contributed by atoms with Crippen molar-refractivity contribution in [2.75, 3.05) is 14.2 Å². The number of rotatable bonds is 7. The SMILES string of the molecule is COc1cc(Cl)c(C=NNC(=O)C(O)(c2ccccc2)c2ccccc2)cc1OC. The Labute approximate surface area is 179 Å². The van der Waals surface area contributed by atoms with E-state index >= 15 is 0 Å². The van der Waals surface area contributed by atoms with E-state index in [1.54, 1.807) is 60.7 Å². The number of carbonyl (C=O) groups is 1. The molecule has 0 aromatic heterocycles. The number of hydrogen-bond donors (Lipinski definition) is 2. The Hall–Kier alpha value is -3.35. The molecule has 0 saturated heterocycles. The van der Waals surface area contributed by atoms with Crippen molar-refractivity contribution in [1.82, 2.24) is 5.43 Å². The summed E-state index contributed by atoms with van der Waals surface area (Å²) in [7, 11) is 3.02. The van der Waals surface area contributed by atoms with Gasteiger partial charge in [-0.15, -0.1) is 0 Å². The van der Waals surface area contributed by atoms with E-state index in [-0.39, 0.29) is 0 Å². The van der Waals surface area contributed by atoms with Crippen LogP contribution >= 0.6 is 11.6 Å². The lowest BCUT2D eigenvalue weighted by Gasteiger charge is -2.27. The van der Waals surface area contributed by atoms with Gasteiger partial charge in [-0.05, 0) is 17.2 Å². The molecule has 0 spiro atoms. The highest BCUT2D eigenvalue weighted by Crippen LogP contribution is 2.32. The van der Waals surface area contributed by atoms with Crippen molar-refractivity contribution in [2.24, 2.45) is 5.10 Å². The molecule has 0 unspecified atom stereocenters. The smallest absolute Gasteiger partial charge is 0.281 e. The van der Waals surface area contributed by atoms with Crippen LogP contribution in [-0.2, 0) is 10.4 Å². The zero-order chi connectivity index (χ0) is 21.6. The minimum Gasteiger partial charge on any atom is -0.493 e. The standard InChI is InChI=1S/C23H21ClN2O4/c1-29-20-13-16(19(24)14-21(20)30-2)15-25-26-22(27)23(28,17-9-5-3-6-10-17)18-11-7-4-8-12-18/h3-15,28H,1-2H3,(H,26,27). The molecule has 154 valence electrons. The molecular weight excluding hydrogens is 404 g/mol. The molecule has 0 aliphatic carbocycles. The van der Waals surface area contributed by atoms with E-state index in [4.69, 9.17) is 21.1 Å². The van der Waals surface area contributed by atoms with Crippen LogP contribution in [0.4, 0.5) is 0 Å². The molecule has 0 saturated carbocycles. The Morgan fingerprint density at radius 3 is 1.97 bits per heavy atom. The third-order valence-corrected chi connectivity index (χ3v) is 4.91. The van der Waals surface area contributed by atoms with Gasteiger partial charge in [-0.3, -0.25) is 4.79 Å². The summed E-state index contributed by atoms with van der Waals surface area (Å²) in [6.07, 6.45) is 1.37. The predicted octanol–water partition coefficient (Wildman–Crippen LogP) is 3.74. The lowest BCUT2D eigenvalue weighted by atomic mass is 9.85. The van der Waals surface area contributed by atoms with E-state index in [0.29, 0.717) is 33.2 Å². The number of carbonyl (C=O) groups excluding carboxylic acids is 1. The average molecular weight is 425 g/mol. The number of hydrazone groups is 1. The average Bonchev–Trinajstić information content (AvgIpc) is 2.80. The number of halogens is 1. The highest BCUT2D eigenvalue weighted by Gasteiger charge is 2.39. The largest absolute Gasteiger partial charge is 0.493 e. The Morgan fingerprint density at radius 2 is 1.47 bits per heavy atom. The van der Waals surface area contributed by atoms with Crippen LogP contribution in [0.2, 0.25) is 5.02 Å². The van der Waals surface area contributed by atoms with Crippen molar-refractivity contribution in [3.63, 3.8) is 0 Å². The molecule has 6 nitrogen and oxygen atoms in total. The summed E-state index contributed by atoms with van der Waals surface area (Å²) in [6.45, 7) is 0. The van der Waals surface area contributed by atoms with Crippen LogP contribution in [0.25, 0.3) is 0 Å². The Kier molecular flexibility index (Phi) is 6.72. The minimum absolute atomic E-state index is 0.368. The molecule has 7 heteroatoms. The van der Waals surface area contributed by atoms with Gasteiger partial charge in [0.15, 0.2) is 17.1 Å². The zero-order valence-electron chi connectivity index (χ0n) is 16.5. The van der Waals surface area contributed by atoms with Gasteiger partial charge >= 0.3 is 0 Å². The predicted molar refractivity (Wildman–Crippen MR) is 116 cm³/mol. The molecule has 0 fully saturated rings. The summed E-state index contributed by atoms with van der Waals surface area (Å²) < 4.78 is 10.5. The van der Waals surface area contributed by atoms with Crippen LogP contribution in [0.5, 0.6) is 11.5 Å². The van der Waals surface area contributed by atoms with Crippen LogP contribution in [0.1, 0.15) is 16.7 Å². The van der Waals surface area contributed by atoms with Gasteiger partial charge in [-0.25, -0.2) is 5.43 Å². The first-order valence-corrected chi connectivity index (χ1v) is 9.47. The highest BCUT2D eigenvalue weighted by atomic mass is 35.5. The fourth-order valence-electron chi connectivity index (χ4n) is 3.00. The van der Waals surface area contributed by atoms with Crippen molar-refractivity contribution < 1.29 is 19.4 Å². The Balaban J connectivity index is 1.89. The van der Waals surface area contributed by atoms with E-state index < -0.39 is 11.5 Å². The van der Waals surface area contributed by atoms with Gasteiger partial charge in [0, 0.05) is 11.6 Å². The third kappa shape index (κ3) is 4.30. The molecule has 0 aliphatic heterocycles. The van der Waals surface area contributed by atoms with Gasteiger partial charge in [0.25, 0.3) is 5.91 Å². The van der Waals surface area contributed by atoms with Gasteiger partial charge in [-0.2, -0.15) is 5.10 Å². The molecule has 1 amide bonds. The van der Waals surface area contributed by atoms with Crippen molar-refractivity contribution in [1.29, 1.82) is 0 Å². The fraction of sp³-hybridized carbons (Fsp3) is 0.130. The van der Waals surface area contributed by atoms with Gasteiger partial charge in [0.1, 0.15) is 0 Å². The first-order chi connectivity index (χ1) is 14.5. The second-order valence-corrected chi connectivity index (χ2v) is 6.78. The third-order valence-electron chi connectivity index (χ3n) is 4.58. The Bertz CT molecular complexity index is 1000. The van der Waals surface area contributed by atoms with E-state index in [9.17, 15) is 9.90 Å². The first kappa shape index (κ1) is 21.4. The number of hydrogen-bond acceptors (Lipinski definition) is 5. The van der Waals surface area contributed by atoms with Crippen LogP contribution in [0.15, 0.2) is 77.9 Å². The molecule has 3 aromatic rings. The monoisotopic (exact) mass is 424 g/mol. The molecule has 0 radical (unpaired) electrons. The quantitative estimate of drug-likeness (QED) is 0.447. The number of benzene rings is 3. The number of amides is 1. The summed E-state index contributed by atoms with van der Waals surface area (Å²) in [4.78, 5) is 13.0. The van der Waals surface area contributed by atoms with Crippen LogP contribution in [0.3, 0.4) is 0 Å². The lowest BCUT2D eigenvalue weighted by molar-refractivity contribution is -0.136. The van der Waals surface area contributed by atoms with Gasteiger partial charge in [0.05, 0.1) is 25.5 Å². The first-order valence-electron chi connectivity index (χ1n) is 9.09. The second kappa shape index (κ2) is 9.43. The molecular formula is C23H21ClN2O4. The summed E-state index contributed by atoms with van der Waals surface area (Å²) >= 11 is 6.25. The van der Waals surface area contributed by atoms with E-state index in [1.165, 1.54) is 20.4 Å². The summed E-state index contributed by atoms with van der Waals surface area (Å²) in [6, 6.07) is 20.6. The number of nitrogens with zero attached hydrogens (tertiary/aromatic N) is 1. The normalized spacial score (nSPS) is 11.3. The molecule has 3 aromatic carbocycles. The topological polar surface area (TPSA) is 80.2 Å². The molecule has 0 atom stereocenters. The van der Waals surface area contributed by atoms with Crippen LogP contribution in [0, 0.1) is 0 Å². The summed E-state index contributed by atoms with van der Waals surface area (Å²) in [5, 5.41) is 15.7. The number of ether oxygens (including phenoxy) is 2. The highest BCUT2D eigenvalue weighted by molar-refractivity contribution is 6.33. The molecule has 0 aliphatic rings. The van der Waals surface area contributed by atoms with Gasteiger partial charge in [0.2, 0.25) is 0 Å². The van der Waals surface area contributed by atoms with Crippen molar-refractivity contribution in [2.45, 2.75) is 5.60 Å². The minimum atomic E-state index is -1.92. The van der Waals surface area contributed by atoms with Crippen molar-refractivity contribution in [3.8, 4) is 11.5 Å². The zero-order valence-corrected chi connectivity index (χ0v) is 17.3. The lowest BCUT2D eigenvalue weighted by Crippen LogP contribution is -2.43. The van der Waals surface area contributed by atoms with E-state index in [1.807, 2.05) is 12.1 Å². The number of aliphatic hydroxyl groups is 1. The second-order valence-electron chi connectivity index (χ2n) is 6.37. The van der Waals surface area contributed by atoms with E-state index in [2.05, 4.69) is 10.5 Å². The van der Waals surface area contributed by atoms with Gasteiger partial charge in [-0.1, -0.05) is 72.3 Å². The van der Waals surface area contributed by atoms with Crippen LogP contribution < -0.4 is 14.9 Å². The van der Waals surface area contributed by atoms with E-state index in [0.717, 1.165) is 0 Å². The summed E-state index contributed by atoms with van der Waals surface area (Å²) in [5.41, 5.74) is 1.86. The van der Waals surface area contributed by atoms with Gasteiger partial charge < -0.3 is 14.6 Å². The summed E-state index contributed by atoms with van der Waals surface area (Å²) in [5.74, 6) is 0.249. The van der Waals surface area contributed by atoms with Crippen LogP contribution in [-0.4, -0.2) is 31.4 Å². The number of methoxy groups -OCH3 is 2. The number of nitrogens with one attached hydrogen (secondary N) is 1. The molecule has 30 heavy (non-hydrogen) atoms.